The van der Waals surface area contributed by atoms with Crippen molar-refractivity contribution in [3.8, 4) is 0 Å². The molecule has 1 heterocycles. The van der Waals surface area contributed by atoms with Gasteiger partial charge in [0.25, 0.3) is 0 Å². The summed E-state index contributed by atoms with van der Waals surface area (Å²) in [6, 6.07) is 10.3. The van der Waals surface area contributed by atoms with Gasteiger partial charge in [0, 0.05) is 17.4 Å². The highest BCUT2D eigenvalue weighted by atomic mass is 35.5. The second-order valence-corrected chi connectivity index (χ2v) is 5.11. The third-order valence-corrected chi connectivity index (χ3v) is 3.43. The first kappa shape index (κ1) is 14.0. The van der Waals surface area contributed by atoms with Crippen molar-refractivity contribution in [2.75, 3.05) is 6.54 Å². The van der Waals surface area contributed by atoms with Crippen LogP contribution >= 0.6 is 11.6 Å². The Morgan fingerprint density at radius 1 is 1.21 bits per heavy atom. The van der Waals surface area contributed by atoms with Crippen LogP contribution in [0.1, 0.15) is 36.1 Å². The fourth-order valence-electron chi connectivity index (χ4n) is 2.16. The first-order valence-corrected chi connectivity index (χ1v) is 6.99. The molecule has 1 aromatic carbocycles. The van der Waals surface area contributed by atoms with E-state index < -0.39 is 0 Å². The maximum Gasteiger partial charge on any atom is 0.0580 e. The molecule has 0 saturated carbocycles. The van der Waals surface area contributed by atoms with Gasteiger partial charge in [-0.05, 0) is 54.8 Å². The van der Waals surface area contributed by atoms with Gasteiger partial charge in [0.2, 0.25) is 0 Å². The molecule has 1 unspecified atom stereocenters. The van der Waals surface area contributed by atoms with E-state index in [-0.39, 0.29) is 6.04 Å². The highest BCUT2D eigenvalue weighted by molar-refractivity contribution is 6.30. The van der Waals surface area contributed by atoms with E-state index in [1.165, 1.54) is 16.7 Å². The molecule has 1 aromatic heterocycles. The largest absolute Gasteiger partial charge is 0.306 e. The van der Waals surface area contributed by atoms with Crippen LogP contribution < -0.4 is 5.32 Å². The zero-order valence-electron chi connectivity index (χ0n) is 11.4. The van der Waals surface area contributed by atoms with Crippen molar-refractivity contribution in [1.29, 1.82) is 0 Å². The molecule has 0 amide bonds. The van der Waals surface area contributed by atoms with Gasteiger partial charge in [-0.25, -0.2) is 0 Å². The molecule has 2 rings (SSSR count). The van der Waals surface area contributed by atoms with E-state index >= 15 is 0 Å². The number of rotatable bonds is 5. The van der Waals surface area contributed by atoms with Crippen molar-refractivity contribution in [1.82, 2.24) is 10.3 Å². The SMILES string of the molecule is CCCNC(c1ccc(Cl)cc1)c1ccncc1C. The summed E-state index contributed by atoms with van der Waals surface area (Å²) in [6.45, 7) is 5.25. The van der Waals surface area contributed by atoms with Crippen molar-refractivity contribution in [2.24, 2.45) is 0 Å². The Morgan fingerprint density at radius 3 is 2.58 bits per heavy atom. The van der Waals surface area contributed by atoms with Crippen LogP contribution in [0.2, 0.25) is 5.02 Å². The Bertz CT molecular complexity index is 523. The first-order valence-electron chi connectivity index (χ1n) is 6.61. The summed E-state index contributed by atoms with van der Waals surface area (Å²) in [5, 5.41) is 4.36. The van der Waals surface area contributed by atoms with Crippen LogP contribution in [-0.4, -0.2) is 11.5 Å². The van der Waals surface area contributed by atoms with E-state index in [0.717, 1.165) is 18.0 Å². The minimum absolute atomic E-state index is 0.195. The van der Waals surface area contributed by atoms with Gasteiger partial charge < -0.3 is 5.32 Å². The number of nitrogens with one attached hydrogen (secondary N) is 1. The molecular formula is C16H19ClN2. The fourth-order valence-corrected chi connectivity index (χ4v) is 2.29. The van der Waals surface area contributed by atoms with Crippen molar-refractivity contribution in [3.05, 3.63) is 64.4 Å². The molecule has 0 spiro atoms. The lowest BCUT2D eigenvalue weighted by atomic mass is 9.96. The zero-order chi connectivity index (χ0) is 13.7. The van der Waals surface area contributed by atoms with E-state index in [1.807, 2.05) is 24.5 Å². The van der Waals surface area contributed by atoms with Crippen molar-refractivity contribution >= 4 is 11.6 Å². The van der Waals surface area contributed by atoms with Crippen molar-refractivity contribution in [2.45, 2.75) is 26.3 Å². The highest BCUT2D eigenvalue weighted by Gasteiger charge is 2.15. The van der Waals surface area contributed by atoms with Gasteiger partial charge in [-0.1, -0.05) is 30.7 Å². The average Bonchev–Trinajstić information content (AvgIpc) is 2.43. The summed E-state index contributed by atoms with van der Waals surface area (Å²) in [5.74, 6) is 0. The predicted octanol–water partition coefficient (Wildman–Crippen LogP) is 4.13. The lowest BCUT2D eigenvalue weighted by Gasteiger charge is -2.21. The Labute approximate surface area is 119 Å². The summed E-state index contributed by atoms with van der Waals surface area (Å²) < 4.78 is 0. The predicted molar refractivity (Wildman–Crippen MR) is 80.6 cm³/mol. The van der Waals surface area contributed by atoms with Crippen LogP contribution in [0, 0.1) is 6.92 Å². The average molecular weight is 275 g/mol. The molecule has 0 aliphatic rings. The summed E-state index contributed by atoms with van der Waals surface area (Å²) in [5.41, 5.74) is 3.70. The van der Waals surface area contributed by atoms with Crippen LogP contribution in [0.15, 0.2) is 42.7 Å². The molecule has 19 heavy (non-hydrogen) atoms. The van der Waals surface area contributed by atoms with E-state index in [2.05, 4.69) is 42.3 Å². The van der Waals surface area contributed by atoms with Gasteiger partial charge in [-0.2, -0.15) is 0 Å². The van der Waals surface area contributed by atoms with Crippen LogP contribution in [0.5, 0.6) is 0 Å². The molecule has 100 valence electrons. The number of aryl methyl sites for hydroxylation is 1. The van der Waals surface area contributed by atoms with Crippen LogP contribution in [0.4, 0.5) is 0 Å². The highest BCUT2D eigenvalue weighted by Crippen LogP contribution is 2.25. The number of hydrogen-bond donors (Lipinski definition) is 1. The minimum atomic E-state index is 0.195. The lowest BCUT2D eigenvalue weighted by Crippen LogP contribution is -2.24. The maximum absolute atomic E-state index is 5.97. The Balaban J connectivity index is 2.35. The minimum Gasteiger partial charge on any atom is -0.306 e. The molecule has 3 heteroatoms. The van der Waals surface area contributed by atoms with Gasteiger partial charge in [0.1, 0.15) is 0 Å². The number of nitrogens with zero attached hydrogens (tertiary/aromatic N) is 1. The Morgan fingerprint density at radius 2 is 1.95 bits per heavy atom. The summed E-state index contributed by atoms with van der Waals surface area (Å²) in [7, 11) is 0. The van der Waals surface area contributed by atoms with E-state index in [9.17, 15) is 0 Å². The molecule has 0 radical (unpaired) electrons. The third kappa shape index (κ3) is 3.55. The quantitative estimate of drug-likeness (QED) is 0.887. The molecule has 0 bridgehead atoms. The number of aromatic nitrogens is 1. The number of pyridine rings is 1. The number of hydrogen-bond acceptors (Lipinski definition) is 2. The van der Waals surface area contributed by atoms with Gasteiger partial charge in [0.05, 0.1) is 6.04 Å². The molecule has 2 aromatic rings. The van der Waals surface area contributed by atoms with Crippen LogP contribution in [0.3, 0.4) is 0 Å². The number of halogens is 1. The van der Waals surface area contributed by atoms with Gasteiger partial charge in [-0.15, -0.1) is 0 Å². The summed E-state index contributed by atoms with van der Waals surface area (Å²) >= 11 is 5.97. The lowest BCUT2D eigenvalue weighted by molar-refractivity contribution is 0.595. The second-order valence-electron chi connectivity index (χ2n) is 4.67. The Kier molecular flexibility index (Phi) is 4.94. The zero-order valence-corrected chi connectivity index (χ0v) is 12.1. The van der Waals surface area contributed by atoms with Gasteiger partial charge in [-0.3, -0.25) is 4.98 Å². The maximum atomic E-state index is 5.97. The molecule has 0 aliphatic heterocycles. The smallest absolute Gasteiger partial charge is 0.0580 e. The second kappa shape index (κ2) is 6.69. The van der Waals surface area contributed by atoms with Crippen molar-refractivity contribution < 1.29 is 0 Å². The molecule has 1 N–H and O–H groups in total. The monoisotopic (exact) mass is 274 g/mol. The van der Waals surface area contributed by atoms with E-state index in [0.29, 0.717) is 0 Å². The molecule has 0 fully saturated rings. The number of benzene rings is 1. The van der Waals surface area contributed by atoms with Crippen LogP contribution in [0.25, 0.3) is 0 Å². The standard InChI is InChI=1S/C16H19ClN2/c1-3-9-19-16(13-4-6-14(17)7-5-13)15-8-10-18-11-12(15)2/h4-8,10-11,16,19H,3,9H2,1-2H3. The van der Waals surface area contributed by atoms with Gasteiger partial charge in [0.15, 0.2) is 0 Å². The van der Waals surface area contributed by atoms with Crippen molar-refractivity contribution in [3.63, 3.8) is 0 Å². The summed E-state index contributed by atoms with van der Waals surface area (Å²) in [4.78, 5) is 4.17. The van der Waals surface area contributed by atoms with E-state index in [1.54, 1.807) is 0 Å². The summed E-state index contributed by atoms with van der Waals surface area (Å²) in [6.07, 6.45) is 4.86. The van der Waals surface area contributed by atoms with E-state index in [4.69, 9.17) is 11.6 Å². The molecule has 0 saturated heterocycles. The topological polar surface area (TPSA) is 24.9 Å². The normalized spacial score (nSPS) is 12.4. The molecule has 1 atom stereocenters. The third-order valence-electron chi connectivity index (χ3n) is 3.18. The molecule has 0 aliphatic carbocycles. The van der Waals surface area contributed by atoms with Gasteiger partial charge >= 0.3 is 0 Å². The fraction of sp³-hybridized carbons (Fsp3) is 0.312. The first-order chi connectivity index (χ1) is 9.22. The Hall–Kier alpha value is -1.38. The molecule has 2 nitrogen and oxygen atoms in total. The van der Waals surface area contributed by atoms with Crippen LogP contribution in [-0.2, 0) is 0 Å². The molecular weight excluding hydrogens is 256 g/mol.